The quantitative estimate of drug-likeness (QED) is 0.326. The van der Waals surface area contributed by atoms with Crippen LogP contribution in [0.3, 0.4) is 0 Å². The summed E-state index contributed by atoms with van der Waals surface area (Å²) in [5.74, 6) is -0.848. The molecular weight excluding hydrogens is 358 g/mol. The second-order valence-corrected chi connectivity index (χ2v) is 7.90. The van der Waals surface area contributed by atoms with Crippen LogP contribution >= 0.6 is 12.4 Å². The molecule has 3 nitrogen and oxygen atoms in total. The first-order chi connectivity index (χ1) is 12.7. The van der Waals surface area contributed by atoms with E-state index in [9.17, 15) is 4.79 Å². The van der Waals surface area contributed by atoms with Gasteiger partial charge in [-0.25, -0.2) is 4.79 Å². The summed E-state index contributed by atoms with van der Waals surface area (Å²) in [6.45, 7) is 2.27. The second kappa shape index (κ2) is 13.9. The number of nitrogens with one attached hydrogen (secondary N) is 1. The van der Waals surface area contributed by atoms with Crippen LogP contribution in [0.1, 0.15) is 106 Å². The average molecular weight is 396 g/mol. The lowest BCUT2D eigenvalue weighted by Crippen LogP contribution is -2.14. The maximum Gasteiger partial charge on any atom is 0.335 e. The van der Waals surface area contributed by atoms with E-state index in [1.807, 2.05) is 6.07 Å². The van der Waals surface area contributed by atoms with Crippen LogP contribution in [0.25, 0.3) is 0 Å². The number of benzene rings is 1. The number of unbranched alkanes of at least 4 members (excludes halogenated alkanes) is 11. The Balaban J connectivity index is 0.00000364. The van der Waals surface area contributed by atoms with E-state index in [0.29, 0.717) is 11.6 Å². The Labute approximate surface area is 171 Å². The summed E-state index contributed by atoms with van der Waals surface area (Å²) in [6.07, 6.45) is 18.8. The van der Waals surface area contributed by atoms with Gasteiger partial charge < -0.3 is 10.4 Å². The summed E-state index contributed by atoms with van der Waals surface area (Å²) >= 11 is 0. The van der Waals surface area contributed by atoms with Gasteiger partial charge in [0.1, 0.15) is 0 Å². The molecule has 1 atom stereocenters. The van der Waals surface area contributed by atoms with Gasteiger partial charge in [-0.1, -0.05) is 90.0 Å². The number of halogens is 1. The molecule has 1 aromatic rings. The van der Waals surface area contributed by atoms with Gasteiger partial charge in [0, 0.05) is 11.7 Å². The highest BCUT2D eigenvalue weighted by atomic mass is 35.5. The highest BCUT2D eigenvalue weighted by Gasteiger charge is 2.21. The third kappa shape index (κ3) is 9.01. The van der Waals surface area contributed by atoms with Gasteiger partial charge in [-0.05, 0) is 30.5 Å². The topological polar surface area (TPSA) is 49.3 Å². The molecule has 0 spiro atoms. The molecule has 154 valence electrons. The zero-order valence-electron chi connectivity index (χ0n) is 17.0. The lowest BCUT2D eigenvalue weighted by Gasteiger charge is -2.11. The van der Waals surface area contributed by atoms with Gasteiger partial charge in [0.15, 0.2) is 0 Å². The van der Waals surface area contributed by atoms with Gasteiger partial charge in [0.25, 0.3) is 0 Å². The van der Waals surface area contributed by atoms with E-state index in [4.69, 9.17) is 5.11 Å². The number of rotatable bonds is 14. The summed E-state index contributed by atoms with van der Waals surface area (Å²) in [4.78, 5) is 11.1. The van der Waals surface area contributed by atoms with Gasteiger partial charge >= 0.3 is 5.97 Å². The first-order valence-electron chi connectivity index (χ1n) is 10.8. The number of hydrogen-bond donors (Lipinski definition) is 2. The Morgan fingerprint density at radius 1 is 0.963 bits per heavy atom. The Kier molecular flexibility index (Phi) is 12.2. The normalized spacial score (nSPS) is 15.1. The van der Waals surface area contributed by atoms with Crippen molar-refractivity contribution in [3.63, 3.8) is 0 Å². The smallest absolute Gasteiger partial charge is 0.335 e. The first kappa shape index (κ1) is 23.8. The molecule has 0 bridgehead atoms. The number of carbonyl (C=O) groups is 1. The lowest BCUT2D eigenvalue weighted by atomic mass is 10.0. The summed E-state index contributed by atoms with van der Waals surface area (Å²) in [5.41, 5.74) is 2.66. The number of fused-ring (bicyclic) bond motifs is 1. The number of anilines is 1. The number of carboxylic acid groups (broad SMARTS) is 1. The summed E-state index contributed by atoms with van der Waals surface area (Å²) in [6, 6.07) is 5.94. The third-order valence-corrected chi connectivity index (χ3v) is 5.59. The maximum absolute atomic E-state index is 11.1. The monoisotopic (exact) mass is 395 g/mol. The minimum Gasteiger partial charge on any atom is -0.478 e. The van der Waals surface area contributed by atoms with Crippen LogP contribution in [0.5, 0.6) is 0 Å². The van der Waals surface area contributed by atoms with Crippen LogP contribution in [0.4, 0.5) is 5.69 Å². The van der Waals surface area contributed by atoms with Gasteiger partial charge in [0.2, 0.25) is 0 Å². The minimum absolute atomic E-state index is 0. The van der Waals surface area contributed by atoms with Crippen molar-refractivity contribution >= 4 is 24.1 Å². The lowest BCUT2D eigenvalue weighted by molar-refractivity contribution is 0.0697. The predicted molar refractivity (Wildman–Crippen MR) is 117 cm³/mol. The molecule has 1 aromatic carbocycles. The summed E-state index contributed by atoms with van der Waals surface area (Å²) in [5, 5.41) is 12.6. The highest BCUT2D eigenvalue weighted by Crippen LogP contribution is 2.29. The molecule has 0 aliphatic carbocycles. The van der Waals surface area contributed by atoms with Crippen LogP contribution in [-0.2, 0) is 6.42 Å². The fourth-order valence-electron chi connectivity index (χ4n) is 3.96. The highest BCUT2D eigenvalue weighted by molar-refractivity contribution is 5.89. The molecular formula is C23H38ClNO2. The molecule has 1 unspecified atom stereocenters. The molecule has 0 amide bonds. The van der Waals surface area contributed by atoms with Crippen LogP contribution < -0.4 is 5.32 Å². The van der Waals surface area contributed by atoms with Gasteiger partial charge in [-0.15, -0.1) is 12.4 Å². The van der Waals surface area contributed by atoms with Crippen molar-refractivity contribution in [2.24, 2.45) is 0 Å². The molecule has 0 saturated carbocycles. The van der Waals surface area contributed by atoms with E-state index in [2.05, 4.69) is 12.2 Å². The van der Waals surface area contributed by atoms with Crippen molar-refractivity contribution in [1.82, 2.24) is 0 Å². The van der Waals surface area contributed by atoms with Crippen LogP contribution in [0, 0.1) is 0 Å². The molecule has 1 aliphatic rings. The van der Waals surface area contributed by atoms with E-state index >= 15 is 0 Å². The largest absolute Gasteiger partial charge is 0.478 e. The Morgan fingerprint density at radius 3 is 2.07 bits per heavy atom. The average Bonchev–Trinajstić information content (AvgIpc) is 3.04. The molecule has 2 rings (SSSR count). The van der Waals surface area contributed by atoms with Crippen LogP contribution in [0.2, 0.25) is 0 Å². The van der Waals surface area contributed by atoms with E-state index in [-0.39, 0.29) is 12.4 Å². The molecule has 0 fully saturated rings. The number of hydrogen-bond acceptors (Lipinski definition) is 2. The minimum atomic E-state index is -0.848. The molecule has 1 aliphatic heterocycles. The summed E-state index contributed by atoms with van der Waals surface area (Å²) < 4.78 is 0. The number of aromatic carboxylic acids is 1. The zero-order valence-corrected chi connectivity index (χ0v) is 17.8. The fourth-order valence-corrected chi connectivity index (χ4v) is 3.96. The second-order valence-electron chi connectivity index (χ2n) is 7.90. The SMILES string of the molecule is CCCCCCCCCCCCCCC1Cc2ccc(C(=O)O)cc2N1.Cl. The van der Waals surface area contributed by atoms with E-state index < -0.39 is 5.97 Å². The summed E-state index contributed by atoms with van der Waals surface area (Å²) in [7, 11) is 0. The molecule has 0 aromatic heterocycles. The van der Waals surface area contributed by atoms with Crippen molar-refractivity contribution in [2.45, 2.75) is 103 Å². The maximum atomic E-state index is 11.1. The first-order valence-corrected chi connectivity index (χ1v) is 10.8. The van der Waals surface area contributed by atoms with Gasteiger partial charge in [0.05, 0.1) is 5.56 Å². The van der Waals surface area contributed by atoms with Crippen LogP contribution in [-0.4, -0.2) is 17.1 Å². The Morgan fingerprint density at radius 2 is 1.52 bits per heavy atom. The third-order valence-electron chi connectivity index (χ3n) is 5.59. The number of carboxylic acids is 1. The predicted octanol–water partition coefficient (Wildman–Crippen LogP) is 7.23. The van der Waals surface area contributed by atoms with Gasteiger partial charge in [-0.3, -0.25) is 0 Å². The molecule has 4 heteroatoms. The Bertz CT molecular complexity index is 547. The Hall–Kier alpha value is -1.22. The molecule has 0 radical (unpaired) electrons. The zero-order chi connectivity index (χ0) is 18.6. The standard InChI is InChI=1S/C23H37NO2.ClH/c1-2-3-4-5-6-7-8-9-10-11-12-13-14-21-17-19-15-16-20(23(25)26)18-22(19)24-21;/h15-16,18,21,24H,2-14,17H2,1H3,(H,25,26);1H. The molecule has 27 heavy (non-hydrogen) atoms. The van der Waals surface area contributed by atoms with Crippen molar-refractivity contribution in [1.29, 1.82) is 0 Å². The molecule has 0 saturated heterocycles. The van der Waals surface area contributed by atoms with Gasteiger partial charge in [-0.2, -0.15) is 0 Å². The molecule has 1 heterocycles. The van der Waals surface area contributed by atoms with Crippen molar-refractivity contribution in [3.8, 4) is 0 Å². The molecule has 2 N–H and O–H groups in total. The van der Waals surface area contributed by atoms with Crippen molar-refractivity contribution in [2.75, 3.05) is 5.32 Å². The van der Waals surface area contributed by atoms with E-state index in [1.165, 1.54) is 89.0 Å². The van der Waals surface area contributed by atoms with E-state index in [1.54, 1.807) is 12.1 Å². The fraction of sp³-hybridized carbons (Fsp3) is 0.696. The van der Waals surface area contributed by atoms with Crippen molar-refractivity contribution in [3.05, 3.63) is 29.3 Å². The van der Waals surface area contributed by atoms with Crippen LogP contribution in [0.15, 0.2) is 18.2 Å². The van der Waals surface area contributed by atoms with Crippen molar-refractivity contribution < 1.29 is 9.90 Å². The van der Waals surface area contributed by atoms with E-state index in [0.717, 1.165) is 12.1 Å².